The van der Waals surface area contributed by atoms with Gasteiger partial charge in [0.25, 0.3) is 0 Å². The molecule has 0 spiro atoms. The summed E-state index contributed by atoms with van der Waals surface area (Å²) >= 11 is 0. The van der Waals surface area contributed by atoms with E-state index in [9.17, 15) is 18.3 Å². The molecule has 1 saturated carbocycles. The minimum atomic E-state index is -3.96. The van der Waals surface area contributed by atoms with Crippen molar-refractivity contribution in [1.29, 1.82) is 0 Å². The van der Waals surface area contributed by atoms with Crippen LogP contribution in [0, 0.1) is 0 Å². The topological polar surface area (TPSA) is 95.9 Å². The molecule has 100 valence electrons. The highest BCUT2D eigenvalue weighted by molar-refractivity contribution is 7.87. The minimum Gasteiger partial charge on any atom is -0.452 e. The van der Waals surface area contributed by atoms with Crippen molar-refractivity contribution in [1.82, 2.24) is 9.03 Å². The van der Waals surface area contributed by atoms with E-state index in [1.54, 1.807) is 4.72 Å². The van der Waals surface area contributed by atoms with Crippen molar-refractivity contribution in [2.24, 2.45) is 0 Å². The van der Waals surface area contributed by atoms with E-state index in [2.05, 4.69) is 4.74 Å². The molecule has 2 N–H and O–H groups in total. The molecule has 17 heavy (non-hydrogen) atoms. The summed E-state index contributed by atoms with van der Waals surface area (Å²) in [7, 11) is -1.53. The summed E-state index contributed by atoms with van der Waals surface area (Å²) in [5.41, 5.74) is 0. The molecule has 0 aromatic heterocycles. The first-order chi connectivity index (χ1) is 7.88. The molecule has 7 nitrogen and oxygen atoms in total. The van der Waals surface area contributed by atoms with Crippen LogP contribution in [0.3, 0.4) is 0 Å². The first-order valence-electron chi connectivity index (χ1n) is 5.40. The Balaban J connectivity index is 2.73. The number of aliphatic hydroxyl groups excluding tert-OH is 1. The number of nitrogens with zero attached hydrogens (tertiary/aromatic N) is 1. The number of rotatable bonds is 3. The van der Waals surface area contributed by atoms with Gasteiger partial charge in [0.2, 0.25) is 0 Å². The Kier molecular flexibility index (Phi) is 4.72. The van der Waals surface area contributed by atoms with Crippen LogP contribution in [0.2, 0.25) is 0 Å². The Bertz CT molecular complexity index is 370. The summed E-state index contributed by atoms with van der Waals surface area (Å²) in [4.78, 5) is 10.9. The Morgan fingerprint density at radius 1 is 1.41 bits per heavy atom. The van der Waals surface area contributed by atoms with Gasteiger partial charge in [0.1, 0.15) is 0 Å². The van der Waals surface area contributed by atoms with Crippen molar-refractivity contribution in [3.63, 3.8) is 0 Å². The highest BCUT2D eigenvalue weighted by Gasteiger charge is 2.34. The van der Waals surface area contributed by atoms with Gasteiger partial charge >= 0.3 is 16.3 Å². The number of carbonyl (C=O) groups is 1. The van der Waals surface area contributed by atoms with Crippen molar-refractivity contribution in [3.8, 4) is 0 Å². The molecule has 0 saturated heterocycles. The van der Waals surface area contributed by atoms with Gasteiger partial charge in [-0.15, -0.1) is 0 Å². The lowest BCUT2D eigenvalue weighted by atomic mass is 9.93. The Hall–Kier alpha value is -0.860. The van der Waals surface area contributed by atoms with Crippen LogP contribution in [0.25, 0.3) is 0 Å². The third-order valence-electron chi connectivity index (χ3n) is 2.94. The zero-order chi connectivity index (χ0) is 13.1. The standard InChI is InChI=1S/C9H18N2O5S/c1-11(7-5-3-4-6-8(7)12)17(14,15)10-9(13)16-2/h7-8,12H,3-6H2,1-2H3,(H,10,13). The van der Waals surface area contributed by atoms with Gasteiger partial charge in [-0.25, -0.2) is 9.52 Å². The van der Waals surface area contributed by atoms with E-state index in [1.165, 1.54) is 7.05 Å². The average Bonchev–Trinajstić information content (AvgIpc) is 2.28. The maximum atomic E-state index is 11.7. The second-order valence-electron chi connectivity index (χ2n) is 4.03. The number of carbonyl (C=O) groups excluding carboxylic acids is 1. The van der Waals surface area contributed by atoms with E-state index >= 15 is 0 Å². The van der Waals surface area contributed by atoms with Gasteiger partial charge in [0.05, 0.1) is 19.3 Å². The molecule has 1 fully saturated rings. The number of ether oxygens (including phenoxy) is 1. The number of nitrogens with one attached hydrogen (secondary N) is 1. The molecule has 0 radical (unpaired) electrons. The highest BCUT2D eigenvalue weighted by Crippen LogP contribution is 2.23. The van der Waals surface area contributed by atoms with Crippen LogP contribution in [0.5, 0.6) is 0 Å². The monoisotopic (exact) mass is 266 g/mol. The Morgan fingerprint density at radius 2 is 2.00 bits per heavy atom. The molecule has 1 aliphatic rings. The number of amides is 1. The Morgan fingerprint density at radius 3 is 2.53 bits per heavy atom. The second-order valence-corrected chi connectivity index (χ2v) is 5.76. The lowest BCUT2D eigenvalue weighted by Crippen LogP contribution is -2.51. The fourth-order valence-corrected chi connectivity index (χ4v) is 2.95. The van der Waals surface area contributed by atoms with Crippen LogP contribution >= 0.6 is 0 Å². The van der Waals surface area contributed by atoms with E-state index < -0.39 is 28.4 Å². The van der Waals surface area contributed by atoms with Crippen LogP contribution in [0.4, 0.5) is 4.79 Å². The zero-order valence-electron chi connectivity index (χ0n) is 9.92. The van der Waals surface area contributed by atoms with Crippen LogP contribution in [-0.4, -0.2) is 50.2 Å². The maximum absolute atomic E-state index is 11.7. The molecule has 1 aliphatic carbocycles. The van der Waals surface area contributed by atoms with Crippen molar-refractivity contribution >= 4 is 16.3 Å². The maximum Gasteiger partial charge on any atom is 0.421 e. The number of aliphatic hydroxyl groups is 1. The summed E-state index contributed by atoms with van der Waals surface area (Å²) in [6, 6.07) is -0.495. The summed E-state index contributed by atoms with van der Waals surface area (Å²) in [6.45, 7) is 0. The summed E-state index contributed by atoms with van der Waals surface area (Å²) in [5.74, 6) is 0. The molecule has 2 unspecified atom stereocenters. The lowest BCUT2D eigenvalue weighted by molar-refractivity contribution is 0.0632. The van der Waals surface area contributed by atoms with Gasteiger partial charge in [-0.05, 0) is 12.8 Å². The molecule has 8 heteroatoms. The van der Waals surface area contributed by atoms with Crippen molar-refractivity contribution < 1.29 is 23.1 Å². The fraction of sp³-hybridized carbons (Fsp3) is 0.889. The molecular formula is C9H18N2O5S. The van der Waals surface area contributed by atoms with Crippen molar-refractivity contribution in [2.45, 2.75) is 37.8 Å². The minimum absolute atomic E-state index is 0.495. The molecule has 2 atom stereocenters. The molecule has 0 bridgehead atoms. The van der Waals surface area contributed by atoms with Gasteiger partial charge < -0.3 is 9.84 Å². The quantitative estimate of drug-likeness (QED) is 0.739. The predicted molar refractivity (Wildman–Crippen MR) is 60.5 cm³/mol. The summed E-state index contributed by atoms with van der Waals surface area (Å²) in [6.07, 6.45) is 1.17. The normalized spacial score (nSPS) is 25.6. The SMILES string of the molecule is COC(=O)NS(=O)(=O)N(C)C1CCCCC1O. The average molecular weight is 266 g/mol. The van der Waals surface area contributed by atoms with Gasteiger partial charge in [-0.1, -0.05) is 12.8 Å². The number of likely N-dealkylation sites (N-methyl/N-ethyl adjacent to an activating group) is 1. The molecule has 1 rings (SSSR count). The van der Waals surface area contributed by atoms with Crippen LogP contribution < -0.4 is 4.72 Å². The fourth-order valence-electron chi connectivity index (χ4n) is 1.91. The number of methoxy groups -OCH3 is 1. The van der Waals surface area contributed by atoms with Crippen molar-refractivity contribution in [2.75, 3.05) is 14.2 Å². The van der Waals surface area contributed by atoms with E-state index in [0.29, 0.717) is 12.8 Å². The van der Waals surface area contributed by atoms with Gasteiger partial charge in [0, 0.05) is 7.05 Å². The lowest BCUT2D eigenvalue weighted by Gasteiger charge is -2.33. The first-order valence-corrected chi connectivity index (χ1v) is 6.84. The first kappa shape index (κ1) is 14.2. The summed E-state index contributed by atoms with van der Waals surface area (Å²) < 4.78 is 30.5. The number of hydrogen-bond donors (Lipinski definition) is 2. The second kappa shape index (κ2) is 5.65. The Labute approximate surface area is 101 Å². The van der Waals surface area contributed by atoms with E-state index in [-0.39, 0.29) is 0 Å². The third kappa shape index (κ3) is 3.55. The van der Waals surface area contributed by atoms with Gasteiger partial charge in [-0.3, -0.25) is 0 Å². The predicted octanol–water partition coefficient (Wildman–Crippen LogP) is -0.178. The van der Waals surface area contributed by atoms with Crippen LogP contribution in [0.1, 0.15) is 25.7 Å². The number of hydrogen-bond acceptors (Lipinski definition) is 5. The highest BCUT2D eigenvalue weighted by atomic mass is 32.2. The molecule has 0 aromatic carbocycles. The molecule has 0 aliphatic heterocycles. The van der Waals surface area contributed by atoms with E-state index in [0.717, 1.165) is 24.3 Å². The molecule has 1 amide bonds. The molecule has 0 aromatic rings. The van der Waals surface area contributed by atoms with E-state index in [1.807, 2.05) is 0 Å². The van der Waals surface area contributed by atoms with Crippen LogP contribution in [-0.2, 0) is 14.9 Å². The zero-order valence-corrected chi connectivity index (χ0v) is 10.7. The summed E-state index contributed by atoms with van der Waals surface area (Å²) in [5, 5.41) is 9.74. The molecular weight excluding hydrogens is 248 g/mol. The van der Waals surface area contributed by atoms with Crippen LogP contribution in [0.15, 0.2) is 0 Å². The van der Waals surface area contributed by atoms with Gasteiger partial charge in [0.15, 0.2) is 0 Å². The van der Waals surface area contributed by atoms with Crippen molar-refractivity contribution in [3.05, 3.63) is 0 Å². The van der Waals surface area contributed by atoms with Gasteiger partial charge in [-0.2, -0.15) is 12.7 Å². The molecule has 0 heterocycles. The largest absolute Gasteiger partial charge is 0.452 e. The third-order valence-corrected chi connectivity index (χ3v) is 4.39. The smallest absolute Gasteiger partial charge is 0.421 e. The van der Waals surface area contributed by atoms with E-state index in [4.69, 9.17) is 0 Å².